The fourth-order valence-electron chi connectivity index (χ4n) is 4.02. The zero-order valence-electron chi connectivity index (χ0n) is 16.3. The number of carbonyl (C=O) groups excluding carboxylic acids is 1. The van der Waals surface area contributed by atoms with Crippen LogP contribution in [0, 0.1) is 0 Å². The van der Waals surface area contributed by atoms with Gasteiger partial charge in [-0.3, -0.25) is 4.79 Å². The van der Waals surface area contributed by atoms with Crippen molar-refractivity contribution in [1.29, 1.82) is 0 Å². The zero-order valence-corrected chi connectivity index (χ0v) is 17.9. The lowest BCUT2D eigenvalue weighted by atomic mass is 10.0. The third-order valence-corrected chi connectivity index (χ3v) is 8.73. The second-order valence-electron chi connectivity index (χ2n) is 7.63. The second-order valence-corrected chi connectivity index (χ2v) is 10.4. The van der Waals surface area contributed by atoms with E-state index in [0.717, 1.165) is 12.1 Å². The summed E-state index contributed by atoms with van der Waals surface area (Å²) in [6.45, 7) is 4.20. The van der Waals surface area contributed by atoms with Crippen LogP contribution < -0.4 is 10.2 Å². The number of piperidine rings is 1. The largest absolute Gasteiger partial charge is 0.348 e. The monoisotopic (exact) mass is 413 g/mol. The first-order chi connectivity index (χ1) is 13.8. The average Bonchev–Trinajstić information content (AvgIpc) is 3.29. The molecule has 0 aliphatic carbocycles. The number of carbonyl (C=O) groups is 1. The van der Waals surface area contributed by atoms with Gasteiger partial charge in [-0.1, -0.05) is 36.4 Å². The van der Waals surface area contributed by atoms with Crippen LogP contribution in [0.5, 0.6) is 0 Å². The van der Waals surface area contributed by atoms with E-state index < -0.39 is 0 Å². The quantitative estimate of drug-likeness (QED) is 0.758. The molecule has 0 saturated carbocycles. The maximum absolute atomic E-state index is 12.6. The molecule has 2 fully saturated rings. The van der Waals surface area contributed by atoms with E-state index in [0.29, 0.717) is 11.1 Å². The molecule has 0 spiro atoms. The number of quaternary nitrogens is 1. The molecule has 2 saturated heterocycles. The molecule has 1 amide bonds. The molecular weight excluding hydrogens is 384 g/mol. The first-order valence-corrected chi connectivity index (χ1v) is 12.4. The van der Waals surface area contributed by atoms with Gasteiger partial charge in [-0.15, -0.1) is 23.5 Å². The number of likely N-dealkylation sites (tertiary alicyclic amines) is 1. The van der Waals surface area contributed by atoms with Gasteiger partial charge in [0.2, 0.25) is 0 Å². The van der Waals surface area contributed by atoms with Gasteiger partial charge in [-0.25, -0.2) is 0 Å². The highest BCUT2D eigenvalue weighted by molar-refractivity contribution is 8.19. The van der Waals surface area contributed by atoms with E-state index in [-0.39, 0.29) is 5.91 Å². The molecule has 2 N–H and O–H groups in total. The molecule has 5 heteroatoms. The maximum Gasteiger partial charge on any atom is 0.251 e. The third-order valence-electron chi connectivity index (χ3n) is 5.63. The van der Waals surface area contributed by atoms with Gasteiger partial charge in [0.15, 0.2) is 0 Å². The molecule has 0 atom stereocenters. The van der Waals surface area contributed by atoms with Gasteiger partial charge in [0.05, 0.1) is 17.7 Å². The molecule has 2 aromatic carbocycles. The van der Waals surface area contributed by atoms with Crippen molar-refractivity contribution in [3.63, 3.8) is 0 Å². The van der Waals surface area contributed by atoms with E-state index in [1.807, 2.05) is 35.7 Å². The van der Waals surface area contributed by atoms with Crippen LogP contribution in [-0.4, -0.2) is 30.5 Å². The Morgan fingerprint density at radius 2 is 1.61 bits per heavy atom. The van der Waals surface area contributed by atoms with Crippen molar-refractivity contribution in [2.75, 3.05) is 24.6 Å². The molecule has 3 nitrogen and oxygen atoms in total. The van der Waals surface area contributed by atoms with E-state index in [1.165, 1.54) is 60.5 Å². The van der Waals surface area contributed by atoms with E-state index in [1.54, 1.807) is 4.90 Å². The number of nitrogens with one attached hydrogen (secondary N) is 2. The summed E-state index contributed by atoms with van der Waals surface area (Å²) in [6.07, 6.45) is 4.04. The van der Waals surface area contributed by atoms with Crippen molar-refractivity contribution >= 4 is 29.4 Å². The van der Waals surface area contributed by atoms with Crippen molar-refractivity contribution in [1.82, 2.24) is 5.32 Å². The lowest BCUT2D eigenvalue weighted by Gasteiger charge is -2.24. The number of thioether (sulfide) groups is 2. The summed E-state index contributed by atoms with van der Waals surface area (Å²) in [5, 5.41) is 3.12. The minimum atomic E-state index is 0.0124. The topological polar surface area (TPSA) is 33.5 Å². The van der Waals surface area contributed by atoms with Crippen LogP contribution in [0.15, 0.2) is 48.5 Å². The van der Waals surface area contributed by atoms with Gasteiger partial charge in [-0.2, -0.15) is 0 Å². The summed E-state index contributed by atoms with van der Waals surface area (Å²) in [4.78, 5) is 14.3. The predicted molar refractivity (Wildman–Crippen MR) is 120 cm³/mol. The van der Waals surface area contributed by atoms with Crippen LogP contribution >= 0.6 is 23.5 Å². The van der Waals surface area contributed by atoms with E-state index >= 15 is 0 Å². The molecule has 148 valence electrons. The number of hydrogen-bond acceptors (Lipinski definition) is 3. The van der Waals surface area contributed by atoms with Crippen LogP contribution in [0.1, 0.15) is 50.9 Å². The highest BCUT2D eigenvalue weighted by atomic mass is 32.2. The molecular formula is C23H29N2OS2+. The van der Waals surface area contributed by atoms with Crippen molar-refractivity contribution in [2.45, 2.75) is 36.9 Å². The summed E-state index contributed by atoms with van der Waals surface area (Å²) in [5.41, 5.74) is 4.67. The number of amides is 1. The van der Waals surface area contributed by atoms with Gasteiger partial charge >= 0.3 is 0 Å². The van der Waals surface area contributed by atoms with Crippen molar-refractivity contribution in [3.8, 4) is 0 Å². The molecule has 0 bridgehead atoms. The smallest absolute Gasteiger partial charge is 0.251 e. The van der Waals surface area contributed by atoms with Crippen LogP contribution in [-0.2, 0) is 13.1 Å². The van der Waals surface area contributed by atoms with Gasteiger partial charge < -0.3 is 10.2 Å². The Hall–Kier alpha value is -1.43. The van der Waals surface area contributed by atoms with Crippen molar-refractivity contribution in [3.05, 3.63) is 70.8 Å². The van der Waals surface area contributed by atoms with Crippen molar-refractivity contribution < 1.29 is 9.69 Å². The lowest BCUT2D eigenvalue weighted by molar-refractivity contribution is -0.918. The highest BCUT2D eigenvalue weighted by Gasteiger charge is 2.19. The van der Waals surface area contributed by atoms with Crippen LogP contribution in [0.25, 0.3) is 0 Å². The summed E-state index contributed by atoms with van der Waals surface area (Å²) in [7, 11) is 0. The molecule has 0 unspecified atom stereocenters. The number of hydrogen-bond donors (Lipinski definition) is 2. The van der Waals surface area contributed by atoms with E-state index in [4.69, 9.17) is 0 Å². The molecule has 0 radical (unpaired) electrons. The Balaban J connectivity index is 1.35. The number of benzene rings is 2. The number of rotatable bonds is 6. The second kappa shape index (κ2) is 9.86. The SMILES string of the molecule is O=C(NCc1ccccc1C[NH+]1CCCCC1)c1ccc(C2SCCS2)cc1. The van der Waals surface area contributed by atoms with E-state index in [2.05, 4.69) is 41.7 Å². The molecule has 2 aromatic rings. The van der Waals surface area contributed by atoms with Gasteiger partial charge in [0.1, 0.15) is 6.54 Å². The molecule has 4 rings (SSSR count). The predicted octanol–water partition coefficient (Wildman–Crippen LogP) is 3.66. The normalized spacial score (nSPS) is 18.3. The molecule has 2 aliphatic rings. The standard InChI is InChI=1S/C23H28N2OS2/c26-22(18-8-10-19(11-9-18)23-27-14-15-28-23)24-16-20-6-2-3-7-21(20)17-25-12-4-1-5-13-25/h2-3,6-11,23H,1,4-5,12-17H2,(H,24,26)/p+1. The van der Waals surface area contributed by atoms with Gasteiger partial charge in [-0.05, 0) is 42.5 Å². The molecule has 2 aliphatic heterocycles. The maximum atomic E-state index is 12.6. The van der Waals surface area contributed by atoms with Crippen LogP contribution in [0.3, 0.4) is 0 Å². The minimum Gasteiger partial charge on any atom is -0.348 e. The molecule has 28 heavy (non-hydrogen) atoms. The van der Waals surface area contributed by atoms with Gasteiger partial charge in [0, 0.05) is 29.2 Å². The molecule has 0 aromatic heterocycles. The van der Waals surface area contributed by atoms with Crippen LogP contribution in [0.4, 0.5) is 0 Å². The van der Waals surface area contributed by atoms with Gasteiger partial charge in [0.25, 0.3) is 5.91 Å². The Kier molecular flexibility index (Phi) is 7.00. The summed E-state index contributed by atoms with van der Waals surface area (Å²) < 4.78 is 0.529. The Bertz CT molecular complexity index is 781. The average molecular weight is 414 g/mol. The minimum absolute atomic E-state index is 0.0124. The summed E-state index contributed by atoms with van der Waals surface area (Å²) in [5.74, 6) is 2.45. The lowest BCUT2D eigenvalue weighted by Crippen LogP contribution is -3.11. The van der Waals surface area contributed by atoms with Crippen molar-refractivity contribution in [2.24, 2.45) is 0 Å². The summed E-state index contributed by atoms with van der Waals surface area (Å²) >= 11 is 3.99. The highest BCUT2D eigenvalue weighted by Crippen LogP contribution is 2.45. The third kappa shape index (κ3) is 5.13. The fraction of sp³-hybridized carbons (Fsp3) is 0.435. The first kappa shape index (κ1) is 19.9. The van der Waals surface area contributed by atoms with E-state index in [9.17, 15) is 4.79 Å². The molecule has 2 heterocycles. The summed E-state index contributed by atoms with van der Waals surface area (Å²) in [6, 6.07) is 16.7. The fourth-order valence-corrected chi connectivity index (χ4v) is 6.88. The Labute approximate surface area is 176 Å². The zero-order chi connectivity index (χ0) is 19.2. The van der Waals surface area contributed by atoms with Crippen LogP contribution in [0.2, 0.25) is 0 Å². The Morgan fingerprint density at radius 1 is 0.929 bits per heavy atom. The Morgan fingerprint density at radius 3 is 2.32 bits per heavy atom. The first-order valence-electron chi connectivity index (χ1n) is 10.3.